The van der Waals surface area contributed by atoms with Crippen LogP contribution in [0.25, 0.3) is 6.08 Å². The fraction of sp³-hybridized carbons (Fsp3) is 0.118. The lowest BCUT2D eigenvalue weighted by Crippen LogP contribution is -2.30. The Morgan fingerprint density at radius 2 is 2.16 bits per heavy atom. The lowest BCUT2D eigenvalue weighted by molar-refractivity contribution is -0.125. The minimum atomic E-state index is -0.399. The Kier molecular flexibility index (Phi) is 5.30. The van der Waals surface area contributed by atoms with Gasteiger partial charge in [0.25, 0.3) is 0 Å². The summed E-state index contributed by atoms with van der Waals surface area (Å²) < 4.78 is 1.00. The van der Waals surface area contributed by atoms with Crippen molar-refractivity contribution >= 4 is 56.9 Å². The molecule has 0 aliphatic carbocycles. The first-order valence-electron chi connectivity index (χ1n) is 7.43. The molecular weight excluding hydrogens is 406 g/mol. The van der Waals surface area contributed by atoms with Gasteiger partial charge in [0.15, 0.2) is 0 Å². The largest absolute Gasteiger partial charge is 0.329 e. The minimum Gasteiger partial charge on any atom is -0.329 e. The molecule has 0 bridgehead atoms. The maximum atomic E-state index is 12.0. The molecule has 1 fully saturated rings. The Bertz CT molecular complexity index is 846. The number of nitrogens with zero attached hydrogens (tertiary/aromatic N) is 1. The maximum Gasteiger partial charge on any atom is 0.324 e. The predicted octanol–water partition coefficient (Wildman–Crippen LogP) is 3.21. The third kappa shape index (κ3) is 4.55. The summed E-state index contributed by atoms with van der Waals surface area (Å²) in [6, 6.07) is 10.5. The van der Waals surface area contributed by atoms with Crippen LogP contribution in [0, 0.1) is 0 Å². The maximum absolute atomic E-state index is 12.0. The van der Waals surface area contributed by atoms with Crippen molar-refractivity contribution in [2.75, 3.05) is 11.9 Å². The molecule has 0 unspecified atom stereocenters. The first kappa shape index (κ1) is 17.4. The highest BCUT2D eigenvalue weighted by atomic mass is 79.9. The monoisotopic (exact) mass is 419 g/mol. The molecule has 128 valence electrons. The molecule has 8 heteroatoms. The average molecular weight is 420 g/mol. The molecule has 0 saturated carbocycles. The van der Waals surface area contributed by atoms with Gasteiger partial charge in [-0.3, -0.25) is 14.5 Å². The minimum absolute atomic E-state index is 0.0267. The fourth-order valence-electron chi connectivity index (χ4n) is 2.30. The van der Waals surface area contributed by atoms with Gasteiger partial charge in [-0.05, 0) is 51.8 Å². The summed E-state index contributed by atoms with van der Waals surface area (Å²) in [5.74, 6) is -0.513. The van der Waals surface area contributed by atoms with Crippen LogP contribution in [-0.4, -0.2) is 29.3 Å². The molecule has 1 aromatic heterocycles. The first-order chi connectivity index (χ1) is 12.0. The van der Waals surface area contributed by atoms with Gasteiger partial charge in [-0.25, -0.2) is 4.79 Å². The SMILES string of the molecule is O=C(/C=C/c1ccc(Br)s1)Nc1cccc(CN2C(=O)CNC2=O)c1. The summed E-state index contributed by atoms with van der Waals surface area (Å²) in [6.07, 6.45) is 3.20. The number of hydrogen-bond acceptors (Lipinski definition) is 4. The highest BCUT2D eigenvalue weighted by Gasteiger charge is 2.28. The zero-order chi connectivity index (χ0) is 17.8. The van der Waals surface area contributed by atoms with E-state index < -0.39 is 6.03 Å². The van der Waals surface area contributed by atoms with Gasteiger partial charge < -0.3 is 10.6 Å². The van der Waals surface area contributed by atoms with Crippen molar-refractivity contribution in [2.45, 2.75) is 6.54 Å². The van der Waals surface area contributed by atoms with Gasteiger partial charge >= 0.3 is 6.03 Å². The number of carbonyl (C=O) groups is 3. The average Bonchev–Trinajstić information content (AvgIpc) is 3.13. The van der Waals surface area contributed by atoms with Gasteiger partial charge in [0.05, 0.1) is 16.9 Å². The number of benzene rings is 1. The molecule has 1 saturated heterocycles. The lowest BCUT2D eigenvalue weighted by Gasteiger charge is -2.13. The van der Waals surface area contributed by atoms with Gasteiger partial charge in [0.1, 0.15) is 0 Å². The van der Waals surface area contributed by atoms with Crippen molar-refractivity contribution in [1.29, 1.82) is 0 Å². The summed E-state index contributed by atoms with van der Waals surface area (Å²) >= 11 is 4.90. The zero-order valence-corrected chi connectivity index (χ0v) is 15.4. The molecule has 2 N–H and O–H groups in total. The van der Waals surface area contributed by atoms with Crippen molar-refractivity contribution in [2.24, 2.45) is 0 Å². The molecule has 1 aliphatic rings. The molecule has 2 aromatic rings. The Morgan fingerprint density at radius 3 is 2.84 bits per heavy atom. The Hall–Kier alpha value is -2.45. The number of carbonyl (C=O) groups excluding carboxylic acids is 3. The quantitative estimate of drug-likeness (QED) is 0.576. The van der Waals surface area contributed by atoms with E-state index in [1.807, 2.05) is 12.1 Å². The summed E-state index contributed by atoms with van der Waals surface area (Å²) in [6.45, 7) is 0.201. The van der Waals surface area contributed by atoms with Crippen molar-refractivity contribution in [3.63, 3.8) is 0 Å². The van der Waals surface area contributed by atoms with E-state index >= 15 is 0 Å². The lowest BCUT2D eigenvalue weighted by atomic mass is 10.2. The summed E-state index contributed by atoms with van der Waals surface area (Å²) in [4.78, 5) is 37.4. The van der Waals surface area contributed by atoms with Gasteiger partial charge in [-0.1, -0.05) is 12.1 Å². The zero-order valence-electron chi connectivity index (χ0n) is 13.0. The molecule has 1 aromatic carbocycles. The van der Waals surface area contributed by atoms with Gasteiger partial charge in [0.2, 0.25) is 11.8 Å². The number of urea groups is 1. The van der Waals surface area contributed by atoms with Gasteiger partial charge in [0, 0.05) is 16.6 Å². The van der Waals surface area contributed by atoms with Gasteiger partial charge in [-0.15, -0.1) is 11.3 Å². The normalized spacial score (nSPS) is 14.2. The van der Waals surface area contributed by atoms with E-state index in [2.05, 4.69) is 26.6 Å². The number of anilines is 1. The highest BCUT2D eigenvalue weighted by Crippen LogP contribution is 2.23. The van der Waals surface area contributed by atoms with Crippen LogP contribution in [0.3, 0.4) is 0 Å². The topological polar surface area (TPSA) is 78.5 Å². The number of amides is 4. The van der Waals surface area contributed by atoms with Crippen molar-refractivity contribution in [3.05, 3.63) is 56.7 Å². The van der Waals surface area contributed by atoms with Crippen LogP contribution in [0.2, 0.25) is 0 Å². The second-order valence-electron chi connectivity index (χ2n) is 5.30. The van der Waals surface area contributed by atoms with Crippen LogP contribution in [0.4, 0.5) is 10.5 Å². The van der Waals surface area contributed by atoms with E-state index in [-0.39, 0.29) is 24.9 Å². The first-order valence-corrected chi connectivity index (χ1v) is 9.04. The van der Waals surface area contributed by atoms with Gasteiger partial charge in [-0.2, -0.15) is 0 Å². The molecule has 0 spiro atoms. The Morgan fingerprint density at radius 1 is 1.32 bits per heavy atom. The number of halogens is 1. The van der Waals surface area contributed by atoms with Crippen LogP contribution < -0.4 is 10.6 Å². The van der Waals surface area contributed by atoms with Crippen LogP contribution in [-0.2, 0) is 16.1 Å². The number of hydrogen-bond donors (Lipinski definition) is 2. The molecule has 0 atom stereocenters. The van der Waals surface area contributed by atoms with E-state index in [1.54, 1.807) is 30.3 Å². The van der Waals surface area contributed by atoms with E-state index in [4.69, 9.17) is 0 Å². The molecule has 6 nitrogen and oxygen atoms in total. The van der Waals surface area contributed by atoms with Crippen molar-refractivity contribution in [3.8, 4) is 0 Å². The van der Waals surface area contributed by atoms with Crippen LogP contribution in [0.15, 0.2) is 46.3 Å². The number of nitrogens with one attached hydrogen (secondary N) is 2. The smallest absolute Gasteiger partial charge is 0.324 e. The molecule has 3 rings (SSSR count). The van der Waals surface area contributed by atoms with E-state index in [0.29, 0.717) is 5.69 Å². The second-order valence-corrected chi connectivity index (χ2v) is 7.80. The van der Waals surface area contributed by atoms with E-state index in [9.17, 15) is 14.4 Å². The predicted molar refractivity (Wildman–Crippen MR) is 100 cm³/mol. The molecule has 1 aliphatic heterocycles. The Balaban J connectivity index is 1.63. The third-order valence-electron chi connectivity index (χ3n) is 3.47. The summed E-state index contributed by atoms with van der Waals surface area (Å²) in [5.41, 5.74) is 1.36. The third-order valence-corrected chi connectivity index (χ3v) is 5.05. The fourth-order valence-corrected chi connectivity index (χ4v) is 3.63. The standard InChI is InChI=1S/C17H14BrN3O3S/c18-14-6-4-13(25-14)5-7-15(22)20-12-3-1-2-11(8-12)10-21-16(23)9-19-17(21)24/h1-8H,9-10H2,(H,19,24)(H,20,22)/b7-5+. The number of rotatable bonds is 5. The Labute approximate surface area is 156 Å². The molecular formula is C17H14BrN3O3S. The molecule has 0 radical (unpaired) electrons. The molecule has 4 amide bonds. The second kappa shape index (κ2) is 7.62. The molecule has 2 heterocycles. The summed E-state index contributed by atoms with van der Waals surface area (Å²) in [5, 5.41) is 5.25. The molecule has 25 heavy (non-hydrogen) atoms. The van der Waals surface area contributed by atoms with Crippen LogP contribution in [0.1, 0.15) is 10.4 Å². The summed E-state index contributed by atoms with van der Waals surface area (Å²) in [7, 11) is 0. The van der Waals surface area contributed by atoms with Crippen molar-refractivity contribution < 1.29 is 14.4 Å². The van der Waals surface area contributed by atoms with Crippen molar-refractivity contribution in [1.82, 2.24) is 10.2 Å². The van der Waals surface area contributed by atoms with E-state index in [1.165, 1.54) is 17.4 Å². The number of thiophene rings is 1. The number of imide groups is 1. The van der Waals surface area contributed by atoms with Crippen LogP contribution in [0.5, 0.6) is 0 Å². The van der Waals surface area contributed by atoms with Crippen LogP contribution >= 0.6 is 27.3 Å². The highest BCUT2D eigenvalue weighted by molar-refractivity contribution is 9.11. The van der Waals surface area contributed by atoms with E-state index in [0.717, 1.165) is 19.1 Å².